The molecule has 27 nitrogen and oxygen atoms in total. The first kappa shape index (κ1) is 104. The van der Waals surface area contributed by atoms with Gasteiger partial charge in [-0.15, -0.1) is 34.0 Å². The van der Waals surface area contributed by atoms with E-state index in [9.17, 15) is 50.0 Å². The summed E-state index contributed by atoms with van der Waals surface area (Å²) in [5.41, 5.74) is 17.6. The van der Waals surface area contributed by atoms with Crippen molar-refractivity contribution in [1.29, 1.82) is 0 Å². The number of rotatable bonds is 14. The highest BCUT2D eigenvalue weighted by molar-refractivity contribution is 7.11. The molecule has 4 saturated heterocycles. The molecule has 0 spiro atoms. The molecule has 0 aliphatic carbocycles. The number of aliphatic hydroxyl groups is 2. The van der Waals surface area contributed by atoms with E-state index in [4.69, 9.17) is 46.1 Å². The van der Waals surface area contributed by atoms with Crippen LogP contribution in [0.5, 0.6) is 0 Å². The van der Waals surface area contributed by atoms with Gasteiger partial charge < -0.3 is 56.3 Å². The number of nitrogens with zero attached hydrogens (tertiary/aromatic N) is 9. The summed E-state index contributed by atoms with van der Waals surface area (Å²) >= 11 is 4.59. The van der Waals surface area contributed by atoms with E-state index in [2.05, 4.69) is 106 Å². The number of Topliss-reactive ketones (excluding diaryl/α,β-unsaturated/α-hetero) is 3. The van der Waals surface area contributed by atoms with E-state index in [1.807, 2.05) is 124 Å². The van der Waals surface area contributed by atoms with Gasteiger partial charge in [0.2, 0.25) is 0 Å². The molecule has 27 atom stereocenters. The zero-order chi connectivity index (χ0) is 88.0. The molecule has 0 radical (unpaired) electrons. The van der Waals surface area contributed by atoms with Crippen LogP contribution in [0.2, 0.25) is 0 Å². The van der Waals surface area contributed by atoms with Gasteiger partial charge in [-0.3, -0.25) is 28.8 Å². The Balaban J connectivity index is 0.000000313. The lowest BCUT2D eigenvalue weighted by Gasteiger charge is -2.38. The number of azide groups is 2. The van der Waals surface area contributed by atoms with Crippen molar-refractivity contribution in [2.75, 3.05) is 0 Å². The number of cyclic esters (lactones) is 3. The van der Waals surface area contributed by atoms with Crippen LogP contribution in [0.4, 0.5) is 0 Å². The maximum absolute atomic E-state index is 13.7. The molecule has 0 amide bonds. The smallest absolute Gasteiger partial charge is 0.309 e. The molecule has 7 rings (SSSR count). The van der Waals surface area contributed by atoms with Crippen molar-refractivity contribution < 1.29 is 85.1 Å². The van der Waals surface area contributed by atoms with Crippen LogP contribution in [0.15, 0.2) is 43.1 Å². The van der Waals surface area contributed by atoms with E-state index < -0.39 is 118 Å². The molecule has 27 unspecified atom stereocenters. The summed E-state index contributed by atoms with van der Waals surface area (Å²) in [6.45, 7) is 39.3. The average Bonchev–Trinajstić information content (AvgIpc) is 1.55. The predicted octanol–water partition coefficient (Wildman–Crippen LogP) is 18.9. The summed E-state index contributed by atoms with van der Waals surface area (Å²) in [6.07, 6.45) is 5.57. The fraction of sp³-hybridized carbons (Fsp3) is 0.741. The van der Waals surface area contributed by atoms with Crippen molar-refractivity contribution in [3.63, 3.8) is 0 Å². The van der Waals surface area contributed by atoms with Gasteiger partial charge in [-0.05, 0) is 164 Å². The molecule has 4 aliphatic heterocycles. The van der Waals surface area contributed by atoms with Gasteiger partial charge in [-0.1, -0.05) is 119 Å². The van der Waals surface area contributed by atoms with E-state index in [-0.39, 0.29) is 90.9 Å². The molecular formula is C81H131N9O18P6S3. The van der Waals surface area contributed by atoms with Crippen molar-refractivity contribution in [2.45, 2.75) is 332 Å². The number of fused-ring (bicyclic) bond motifs is 1. The number of ketones is 3. The number of ether oxygens (including phenoxy) is 4. The number of esters is 3. The van der Waals surface area contributed by atoms with E-state index >= 15 is 0 Å². The summed E-state index contributed by atoms with van der Waals surface area (Å²) < 4.78 is 58.0. The summed E-state index contributed by atoms with van der Waals surface area (Å²) in [7, 11) is 13.4. The zero-order valence-electron chi connectivity index (χ0n) is 72.1. The first-order valence-corrected chi connectivity index (χ1v) is 45.5. The SMILES string of the molecule is C/C(=C\c1csc(C)n1)C1CC(N=[N+]=[N-])C(C)(O)CCCC(C)C(OP)C(C)C(=O)C(C)(C)C(OP)CC(=O)O1.C/C(=C\c1csc(C)n1)C1CC(O)C(C)(N=[N+]=[N-])CCCC(C)C(OP)C(C)C(=O)C(C)(C)C(OP)CC(=O)O1.C/C(=C\c1csc(C)n1)C1CC2OC2(C)CCCC(C)C(OP)C(C)C(=O)C(C)(C)C(OP)CC(=O)O1. The van der Waals surface area contributed by atoms with Gasteiger partial charge in [0.15, 0.2) is 0 Å². The highest BCUT2D eigenvalue weighted by atomic mass is 32.1. The molecule has 0 saturated carbocycles. The molecule has 117 heavy (non-hydrogen) atoms. The third-order valence-electron chi connectivity index (χ3n) is 24.4. The molecule has 4 aliphatic rings. The van der Waals surface area contributed by atoms with Crippen LogP contribution in [-0.2, 0) is 74.9 Å². The fourth-order valence-corrected chi connectivity index (χ4v) is 20.8. The largest absolute Gasteiger partial charge is 0.458 e. The first-order valence-electron chi connectivity index (χ1n) is 40.0. The normalized spacial score (nSPS) is 34.1. The predicted molar refractivity (Wildman–Crippen MR) is 480 cm³/mol. The first-order chi connectivity index (χ1) is 54.7. The van der Waals surface area contributed by atoms with Gasteiger partial charge in [-0.2, -0.15) is 0 Å². The van der Waals surface area contributed by atoms with Gasteiger partial charge >= 0.3 is 17.9 Å². The van der Waals surface area contributed by atoms with E-state index in [1.54, 1.807) is 52.9 Å². The minimum absolute atomic E-state index is 0.00299. The molecule has 4 fully saturated rings. The third kappa shape index (κ3) is 29.2. The van der Waals surface area contributed by atoms with Crippen LogP contribution in [0, 0.1) is 72.5 Å². The number of aromatic nitrogens is 3. The molecule has 36 heteroatoms. The Morgan fingerprint density at radius 1 is 0.504 bits per heavy atom. The Kier molecular flexibility index (Phi) is 41.7. The van der Waals surface area contributed by atoms with Gasteiger partial charge in [0.05, 0.1) is 139 Å². The van der Waals surface area contributed by atoms with Gasteiger partial charge in [-0.25, -0.2) is 15.0 Å². The Morgan fingerprint density at radius 2 is 0.829 bits per heavy atom. The lowest BCUT2D eigenvalue weighted by Crippen LogP contribution is -2.46. The van der Waals surface area contributed by atoms with Crippen LogP contribution in [-0.4, -0.2) is 150 Å². The number of hydrogen-bond acceptors (Lipinski definition) is 26. The Hall–Kier alpha value is -3.63. The lowest BCUT2D eigenvalue weighted by atomic mass is 9.72. The minimum atomic E-state index is -1.36. The number of carbonyl (C=O) groups excluding carboxylic acids is 6. The van der Waals surface area contributed by atoms with E-state index in [1.165, 1.54) is 22.7 Å². The van der Waals surface area contributed by atoms with Crippen LogP contribution >= 0.6 is 90.8 Å². The summed E-state index contributed by atoms with van der Waals surface area (Å²) in [4.78, 5) is 100. The highest BCUT2D eigenvalue weighted by Crippen LogP contribution is 2.47. The molecule has 0 aromatic carbocycles. The molecule has 0 bridgehead atoms. The standard InChI is InChI=1S/2C27H44N4O6P2S.C27H43NO6P2S/c1-15-9-8-10-27(7,30-31-28)21(32)12-20(16(2)11-19-14-40-18(4)29-19)35-23(33)13-22(36-38)26(5,6)25(34)17(3)24(15)37-39;1-15-9-8-10-27(7,34)21(30-31-28)12-20(16(2)11-19-14-40-18(4)29-19)35-23(32)13-22(36-38)26(5,6)25(33)17(3)24(15)37-39;1-15-9-8-10-27(7)22(32-27)12-20(16(2)11-19-14-37-18(4)28-19)31-23(29)13-21(33-35)26(5,6)25(30)17(3)24(15)34-36/h11,14-15,17,20-22,24,32H,8-10,12-13,38-39H2,1-7H3;11,14-15,17,20-22,24,34H,8-10,12-13,38-39H2,1-7H3;11,14-15,17,20-22,24H,8-10,12-13,35-36H2,1-7H3/b3*16-11+. The quantitative estimate of drug-likeness (QED) is 0.0288. The van der Waals surface area contributed by atoms with Crippen LogP contribution < -0.4 is 0 Å². The molecule has 3 aromatic heterocycles. The zero-order valence-corrected chi connectivity index (χ0v) is 81.5. The third-order valence-corrected chi connectivity index (χ3v) is 28.7. The molecular weight excluding hydrogens is 1670 g/mol. The number of carbonyl (C=O) groups is 6. The van der Waals surface area contributed by atoms with Crippen molar-refractivity contribution >= 4 is 144 Å². The summed E-state index contributed by atoms with van der Waals surface area (Å²) in [6, 6.07) is -0.862. The Labute approximate surface area is 719 Å². The van der Waals surface area contributed by atoms with Gasteiger partial charge in [0.1, 0.15) is 35.7 Å². The number of epoxide rings is 1. The van der Waals surface area contributed by atoms with E-state index in [0.29, 0.717) is 56.1 Å². The number of hydrogen-bond donors (Lipinski definition) is 2. The maximum Gasteiger partial charge on any atom is 0.309 e. The van der Waals surface area contributed by atoms with Crippen LogP contribution in [0.25, 0.3) is 39.1 Å². The minimum Gasteiger partial charge on any atom is -0.458 e. The Bertz CT molecular complexity index is 4000. The van der Waals surface area contributed by atoms with Crippen molar-refractivity contribution in [3.8, 4) is 0 Å². The van der Waals surface area contributed by atoms with Crippen LogP contribution in [0.1, 0.15) is 253 Å². The molecule has 656 valence electrons. The summed E-state index contributed by atoms with van der Waals surface area (Å²) in [5.74, 6) is -2.89. The van der Waals surface area contributed by atoms with Crippen LogP contribution in [0.3, 0.4) is 0 Å². The molecule has 2 N–H and O–H groups in total. The number of aliphatic hydroxyl groups excluding tert-OH is 1. The van der Waals surface area contributed by atoms with E-state index in [0.717, 1.165) is 56.9 Å². The summed E-state index contributed by atoms with van der Waals surface area (Å²) in [5, 5.41) is 39.3. The second-order valence-electron chi connectivity index (χ2n) is 34.8. The topological polar surface area (TPSA) is 375 Å². The highest BCUT2D eigenvalue weighted by Gasteiger charge is 2.54. The molecule has 3 aromatic rings. The van der Waals surface area contributed by atoms with Crippen molar-refractivity contribution in [3.05, 3.63) is 85.8 Å². The monoisotopic (exact) mass is 1800 g/mol. The van der Waals surface area contributed by atoms with Crippen molar-refractivity contribution in [1.82, 2.24) is 15.0 Å². The van der Waals surface area contributed by atoms with Gasteiger partial charge in [0, 0.05) is 113 Å². The second kappa shape index (κ2) is 46.9. The van der Waals surface area contributed by atoms with Gasteiger partial charge in [0.25, 0.3) is 0 Å². The Morgan fingerprint density at radius 3 is 1.14 bits per heavy atom. The fourth-order valence-electron chi connectivity index (χ4n) is 16.2. The lowest BCUT2D eigenvalue weighted by molar-refractivity contribution is -0.155. The average molecular weight is 1800 g/mol. The molecule has 7 heterocycles. The number of aryl methyl sites for hydroxylation is 3. The maximum atomic E-state index is 13.7. The van der Waals surface area contributed by atoms with Crippen molar-refractivity contribution in [2.24, 2.45) is 62.0 Å². The number of thiazole rings is 3. The second-order valence-corrected chi connectivity index (χ2v) is 39.6.